The summed E-state index contributed by atoms with van der Waals surface area (Å²) < 4.78 is 37.5. The lowest BCUT2D eigenvalue weighted by atomic mass is 10.2. The van der Waals surface area contributed by atoms with Crippen LogP contribution >= 0.6 is 34.5 Å². The highest BCUT2D eigenvalue weighted by atomic mass is 35.5. The molecule has 0 aliphatic carbocycles. The molecule has 2 aromatic carbocycles. The van der Waals surface area contributed by atoms with E-state index in [-0.39, 0.29) is 32.5 Å². The van der Waals surface area contributed by atoms with Crippen LogP contribution in [-0.4, -0.2) is 31.3 Å². The van der Waals surface area contributed by atoms with E-state index in [0.29, 0.717) is 27.9 Å². The van der Waals surface area contributed by atoms with Crippen molar-refractivity contribution in [1.82, 2.24) is 10.2 Å². The summed E-state index contributed by atoms with van der Waals surface area (Å²) in [5.74, 6) is 0.375. The van der Waals surface area contributed by atoms with Gasteiger partial charge in [0, 0.05) is 11.1 Å². The molecule has 0 fully saturated rings. The Balaban J connectivity index is 1.49. The molecular weight excluding hydrogens is 463 g/mol. The molecule has 9 nitrogen and oxygen atoms in total. The van der Waals surface area contributed by atoms with Gasteiger partial charge in [0.2, 0.25) is 11.9 Å². The third-order valence-electron chi connectivity index (χ3n) is 3.66. The van der Waals surface area contributed by atoms with Crippen LogP contribution in [0.4, 0.5) is 10.8 Å². The van der Waals surface area contributed by atoms with E-state index in [9.17, 15) is 13.2 Å². The van der Waals surface area contributed by atoms with Crippen LogP contribution < -0.4 is 19.5 Å². The maximum absolute atomic E-state index is 12.5. The van der Waals surface area contributed by atoms with Crippen LogP contribution in [0.2, 0.25) is 10.0 Å². The number of ether oxygens (including phenoxy) is 2. The maximum atomic E-state index is 12.5. The Hall–Kier alpha value is -2.60. The van der Waals surface area contributed by atoms with Crippen molar-refractivity contribution in [3.8, 4) is 11.5 Å². The van der Waals surface area contributed by atoms with Crippen molar-refractivity contribution < 1.29 is 22.7 Å². The second kappa shape index (κ2) is 7.67. The van der Waals surface area contributed by atoms with Crippen LogP contribution in [0.25, 0.3) is 0 Å². The summed E-state index contributed by atoms with van der Waals surface area (Å²) in [6.07, 6.45) is 0. The van der Waals surface area contributed by atoms with E-state index in [4.69, 9.17) is 32.7 Å². The first kappa shape index (κ1) is 19.7. The number of benzene rings is 2. The van der Waals surface area contributed by atoms with Gasteiger partial charge in [-0.3, -0.25) is 14.8 Å². The van der Waals surface area contributed by atoms with Gasteiger partial charge in [-0.25, -0.2) is 0 Å². The minimum absolute atomic E-state index is 0.00733. The molecule has 1 aromatic heterocycles. The van der Waals surface area contributed by atoms with Crippen molar-refractivity contribution in [1.29, 1.82) is 0 Å². The summed E-state index contributed by atoms with van der Waals surface area (Å²) in [5, 5.41) is 10.3. The van der Waals surface area contributed by atoms with Gasteiger partial charge in [0.25, 0.3) is 20.3 Å². The van der Waals surface area contributed by atoms with E-state index in [1.54, 1.807) is 6.07 Å². The van der Waals surface area contributed by atoms with Crippen molar-refractivity contribution >= 4 is 61.3 Å². The molecule has 29 heavy (non-hydrogen) atoms. The third-order valence-corrected chi connectivity index (χ3v) is 6.79. The molecule has 2 N–H and O–H groups in total. The molecule has 3 aromatic rings. The lowest BCUT2D eigenvalue weighted by molar-refractivity contribution is 0.102. The summed E-state index contributed by atoms with van der Waals surface area (Å²) in [6, 6.07) is 8.97. The number of aromatic nitrogens is 2. The number of carbonyl (C=O) groups excluding carboxylic acids is 1. The average molecular weight is 473 g/mol. The molecule has 0 spiro atoms. The van der Waals surface area contributed by atoms with Gasteiger partial charge >= 0.3 is 0 Å². The fraction of sp³-hybridized carbons (Fsp3) is 0.0625. The highest BCUT2D eigenvalue weighted by Gasteiger charge is 2.23. The van der Waals surface area contributed by atoms with E-state index in [0.717, 1.165) is 0 Å². The Bertz CT molecular complexity index is 1220. The van der Waals surface area contributed by atoms with Crippen molar-refractivity contribution in [2.24, 2.45) is 0 Å². The molecule has 2 heterocycles. The Labute approximate surface area is 178 Å². The first-order valence-electron chi connectivity index (χ1n) is 7.84. The number of anilines is 2. The molecular formula is C16H10Cl2N4O5S2. The second-order valence-electron chi connectivity index (χ2n) is 5.62. The van der Waals surface area contributed by atoms with E-state index in [2.05, 4.69) is 20.2 Å². The molecule has 13 heteroatoms. The predicted octanol–water partition coefficient (Wildman–Crippen LogP) is 3.63. The summed E-state index contributed by atoms with van der Waals surface area (Å²) in [6.45, 7) is 0.0721. The lowest BCUT2D eigenvalue weighted by Gasteiger charge is -2.06. The van der Waals surface area contributed by atoms with E-state index in [1.165, 1.54) is 30.3 Å². The van der Waals surface area contributed by atoms with Gasteiger partial charge in [-0.2, -0.15) is 8.42 Å². The number of hydrogen-bond acceptors (Lipinski definition) is 8. The van der Waals surface area contributed by atoms with E-state index >= 15 is 0 Å². The molecule has 0 radical (unpaired) electrons. The molecule has 1 amide bonds. The summed E-state index contributed by atoms with van der Waals surface area (Å²) in [5.41, 5.74) is 0.428. The molecule has 4 rings (SSSR count). The fourth-order valence-corrected chi connectivity index (χ4v) is 4.81. The molecule has 1 aliphatic heterocycles. The first-order chi connectivity index (χ1) is 13.8. The molecule has 0 saturated carbocycles. The van der Waals surface area contributed by atoms with Crippen molar-refractivity contribution in [3.63, 3.8) is 0 Å². The monoisotopic (exact) mass is 472 g/mol. The van der Waals surface area contributed by atoms with Crippen molar-refractivity contribution in [2.75, 3.05) is 16.8 Å². The molecule has 0 atom stereocenters. The van der Waals surface area contributed by atoms with Crippen LogP contribution in [0.1, 0.15) is 10.4 Å². The van der Waals surface area contributed by atoms with Crippen LogP contribution in [0.5, 0.6) is 11.5 Å². The average Bonchev–Trinajstić information content (AvgIpc) is 3.30. The Kier molecular flexibility index (Phi) is 5.21. The van der Waals surface area contributed by atoms with Crippen molar-refractivity contribution in [3.05, 3.63) is 52.0 Å². The zero-order valence-corrected chi connectivity index (χ0v) is 17.3. The quantitative estimate of drug-likeness (QED) is 0.543. The van der Waals surface area contributed by atoms with E-state index < -0.39 is 15.9 Å². The summed E-state index contributed by atoms with van der Waals surface area (Å²) in [4.78, 5) is 12.3. The van der Waals surface area contributed by atoms with Gasteiger partial charge in [-0.05, 0) is 30.3 Å². The number of nitrogens with one attached hydrogen (secondary N) is 2. The molecule has 0 bridgehead atoms. The molecule has 1 aliphatic rings. The van der Waals surface area contributed by atoms with Crippen LogP contribution in [-0.2, 0) is 10.0 Å². The third kappa shape index (κ3) is 4.22. The highest BCUT2D eigenvalue weighted by Crippen LogP contribution is 2.35. The van der Waals surface area contributed by atoms with E-state index in [1.807, 2.05) is 0 Å². The zero-order valence-electron chi connectivity index (χ0n) is 14.2. The van der Waals surface area contributed by atoms with Gasteiger partial charge in [-0.15, -0.1) is 10.2 Å². The summed E-state index contributed by atoms with van der Waals surface area (Å²) in [7, 11) is -4.02. The molecule has 0 saturated heterocycles. The maximum Gasteiger partial charge on any atom is 0.291 e. The molecule has 0 unspecified atom stereocenters. The topological polar surface area (TPSA) is 120 Å². The zero-order chi connectivity index (χ0) is 20.6. The minimum atomic E-state index is -4.02. The minimum Gasteiger partial charge on any atom is -0.454 e. The standard InChI is InChI=1S/C16H10Cl2N4O5S2/c17-8-1-3-10(11(18)5-8)14(23)19-15-20-21-16(28-15)29(24,25)22-9-2-4-12-13(6-9)27-7-26-12/h1-6,22H,7H2,(H,19,20,23). The smallest absolute Gasteiger partial charge is 0.291 e. The SMILES string of the molecule is O=C(Nc1nnc(S(=O)(=O)Nc2ccc3c(c2)OCO3)s1)c1ccc(Cl)cc1Cl. The Morgan fingerprint density at radius 3 is 2.66 bits per heavy atom. The second-order valence-corrected chi connectivity index (χ2v) is 9.30. The molecule has 150 valence electrons. The highest BCUT2D eigenvalue weighted by molar-refractivity contribution is 7.94. The normalized spacial score (nSPS) is 12.6. The number of halogens is 2. The van der Waals surface area contributed by atoms with Gasteiger partial charge in [0.15, 0.2) is 11.5 Å². The van der Waals surface area contributed by atoms with Crippen molar-refractivity contribution in [2.45, 2.75) is 4.34 Å². The Morgan fingerprint density at radius 2 is 1.86 bits per heavy atom. The van der Waals surface area contributed by atoms with Gasteiger partial charge in [0.1, 0.15) is 0 Å². The Morgan fingerprint density at radius 1 is 1.07 bits per heavy atom. The number of fused-ring (bicyclic) bond motifs is 1. The lowest BCUT2D eigenvalue weighted by Crippen LogP contribution is -2.12. The van der Waals surface area contributed by atoms with Crippen LogP contribution in [0.15, 0.2) is 40.7 Å². The van der Waals surface area contributed by atoms with Gasteiger partial charge in [-0.1, -0.05) is 34.5 Å². The first-order valence-corrected chi connectivity index (χ1v) is 10.9. The van der Waals surface area contributed by atoms with Crippen LogP contribution in [0.3, 0.4) is 0 Å². The number of sulfonamides is 1. The van der Waals surface area contributed by atoms with Gasteiger partial charge in [0.05, 0.1) is 16.3 Å². The van der Waals surface area contributed by atoms with Crippen LogP contribution in [0, 0.1) is 0 Å². The number of rotatable bonds is 5. The number of nitrogens with zero attached hydrogens (tertiary/aromatic N) is 2. The van der Waals surface area contributed by atoms with Gasteiger partial charge < -0.3 is 9.47 Å². The predicted molar refractivity (Wildman–Crippen MR) is 108 cm³/mol. The number of carbonyl (C=O) groups is 1. The largest absolute Gasteiger partial charge is 0.454 e. The summed E-state index contributed by atoms with van der Waals surface area (Å²) >= 11 is 12.5. The number of amides is 1. The fourth-order valence-electron chi connectivity index (χ4n) is 2.37. The number of hydrogen-bond donors (Lipinski definition) is 2.